The van der Waals surface area contributed by atoms with E-state index in [1.54, 1.807) is 24.3 Å². The van der Waals surface area contributed by atoms with Gasteiger partial charge in [0.15, 0.2) is 11.5 Å². The molecule has 51 heavy (non-hydrogen) atoms. The summed E-state index contributed by atoms with van der Waals surface area (Å²) in [6.45, 7) is 2.28. The smallest absolute Gasteiger partial charge is 0.208 e. The molecule has 1 atom stereocenters. The Hall–Kier alpha value is -6.73. The maximum Gasteiger partial charge on any atom is 0.208 e. The zero-order valence-electron chi connectivity index (χ0n) is 27.7. The van der Waals surface area contributed by atoms with E-state index in [2.05, 4.69) is 103 Å². The van der Waals surface area contributed by atoms with Gasteiger partial charge in [-0.25, -0.2) is 0 Å². The highest BCUT2D eigenvalue weighted by Gasteiger charge is 2.32. The van der Waals surface area contributed by atoms with Gasteiger partial charge in [0.2, 0.25) is 17.2 Å². The Balaban J connectivity index is 1.09. The van der Waals surface area contributed by atoms with Gasteiger partial charge in [-0.3, -0.25) is 4.98 Å². The first-order valence-corrected chi connectivity index (χ1v) is 16.6. The van der Waals surface area contributed by atoms with Crippen LogP contribution in [0.25, 0.3) is 56.4 Å². The average molecular weight is 671 g/mol. The molecule has 1 aliphatic carbocycles. The molecule has 7 aromatic rings. The van der Waals surface area contributed by atoms with Crippen LogP contribution in [0.4, 0.5) is 11.4 Å². The topological polar surface area (TPSA) is 117 Å². The van der Waals surface area contributed by atoms with Gasteiger partial charge in [0.25, 0.3) is 0 Å². The number of hydrogen-bond donors (Lipinski definition) is 5. The molecule has 0 amide bonds. The van der Waals surface area contributed by atoms with Crippen LogP contribution in [0.15, 0.2) is 134 Å². The van der Waals surface area contributed by atoms with Gasteiger partial charge in [-0.1, -0.05) is 115 Å². The van der Waals surface area contributed by atoms with Gasteiger partial charge in [0.05, 0.1) is 28.7 Å². The molecule has 8 rings (SSSR count). The van der Waals surface area contributed by atoms with Gasteiger partial charge in [-0.05, 0) is 75.5 Å². The third-order valence-corrected chi connectivity index (χ3v) is 9.76. The summed E-state index contributed by atoms with van der Waals surface area (Å²) in [5.74, 6) is -4.26. The highest BCUT2D eigenvalue weighted by atomic mass is 16.4. The Morgan fingerprint density at radius 3 is 1.73 bits per heavy atom. The minimum atomic E-state index is -0.987. The number of benzene rings is 6. The SMILES string of the molecule is CC1(N(c2ccc(-c3ccc(-c4ccc(-c5c(O)c(O)c(O)c(O)c5O)cc4)cc3)nc2)c2ccc3ccccc3c2)C=c2ccccc2=CC1. The normalized spacial score (nSPS) is 15.1. The number of pyridine rings is 1. The second-order valence-electron chi connectivity index (χ2n) is 13.1. The second-order valence-corrected chi connectivity index (χ2v) is 13.1. The summed E-state index contributed by atoms with van der Waals surface area (Å²) in [7, 11) is 0. The minimum Gasteiger partial charge on any atom is -0.504 e. The number of aromatic hydroxyl groups is 5. The molecule has 1 aliphatic rings. The standard InChI is InChI=1S/C44H34N2O5/c1-44(23-22-28-7-3-5-9-34(28)25-44)46(35-19-18-27-6-2-4-8-33(27)24-35)36-20-21-37(45-26-36)31-14-10-29(11-15-31)30-12-16-32(17-13-30)38-39(47)41(49)43(51)42(50)40(38)48/h2-22,24-26,47-51H,23H2,1H3. The molecule has 1 aromatic heterocycles. The lowest BCUT2D eigenvalue weighted by atomic mass is 9.88. The number of hydrogen-bond acceptors (Lipinski definition) is 7. The summed E-state index contributed by atoms with van der Waals surface area (Å²) in [5, 5.41) is 55.1. The first-order chi connectivity index (χ1) is 24.7. The Kier molecular flexibility index (Phi) is 7.61. The van der Waals surface area contributed by atoms with Crippen molar-refractivity contribution in [3.63, 3.8) is 0 Å². The third kappa shape index (κ3) is 5.55. The number of aromatic nitrogens is 1. The molecule has 7 heteroatoms. The number of fused-ring (bicyclic) bond motifs is 2. The Morgan fingerprint density at radius 1 is 0.529 bits per heavy atom. The lowest BCUT2D eigenvalue weighted by Gasteiger charge is -2.42. The van der Waals surface area contributed by atoms with Crippen molar-refractivity contribution in [2.24, 2.45) is 0 Å². The molecule has 250 valence electrons. The van der Waals surface area contributed by atoms with E-state index in [0.717, 1.165) is 40.2 Å². The summed E-state index contributed by atoms with van der Waals surface area (Å²) in [4.78, 5) is 7.33. The van der Waals surface area contributed by atoms with Crippen molar-refractivity contribution in [1.29, 1.82) is 0 Å². The maximum atomic E-state index is 10.3. The average Bonchev–Trinajstić information content (AvgIpc) is 3.17. The second kappa shape index (κ2) is 12.3. The fourth-order valence-corrected chi connectivity index (χ4v) is 7.06. The molecule has 0 saturated carbocycles. The summed E-state index contributed by atoms with van der Waals surface area (Å²) in [6.07, 6.45) is 7.46. The Bertz CT molecular complexity index is 2540. The molecule has 6 aromatic carbocycles. The molecule has 0 aliphatic heterocycles. The lowest BCUT2D eigenvalue weighted by Crippen LogP contribution is -2.47. The largest absolute Gasteiger partial charge is 0.504 e. The van der Waals surface area contributed by atoms with E-state index in [1.807, 2.05) is 30.5 Å². The van der Waals surface area contributed by atoms with Gasteiger partial charge in [-0.15, -0.1) is 0 Å². The van der Waals surface area contributed by atoms with E-state index in [4.69, 9.17) is 4.98 Å². The molecular weight excluding hydrogens is 636 g/mol. The van der Waals surface area contributed by atoms with Gasteiger partial charge in [0, 0.05) is 11.3 Å². The van der Waals surface area contributed by atoms with Gasteiger partial charge < -0.3 is 30.4 Å². The van der Waals surface area contributed by atoms with Crippen molar-refractivity contribution in [2.45, 2.75) is 18.9 Å². The lowest BCUT2D eigenvalue weighted by molar-refractivity contribution is 0.330. The number of phenols is 5. The van der Waals surface area contributed by atoms with Crippen LogP contribution in [0.1, 0.15) is 13.3 Å². The predicted molar refractivity (Wildman–Crippen MR) is 203 cm³/mol. The Morgan fingerprint density at radius 2 is 1.08 bits per heavy atom. The molecule has 0 bridgehead atoms. The zero-order chi connectivity index (χ0) is 35.3. The van der Waals surface area contributed by atoms with Crippen LogP contribution in [-0.2, 0) is 0 Å². The van der Waals surface area contributed by atoms with E-state index in [-0.39, 0.29) is 11.1 Å². The van der Waals surface area contributed by atoms with Crippen molar-refractivity contribution in [1.82, 2.24) is 4.98 Å². The van der Waals surface area contributed by atoms with Crippen molar-refractivity contribution in [3.8, 4) is 62.3 Å². The first kappa shape index (κ1) is 31.5. The van der Waals surface area contributed by atoms with Crippen LogP contribution in [0.3, 0.4) is 0 Å². The first-order valence-electron chi connectivity index (χ1n) is 16.6. The van der Waals surface area contributed by atoms with Crippen LogP contribution in [0.5, 0.6) is 28.7 Å². The molecular formula is C44H34N2O5. The molecule has 0 radical (unpaired) electrons. The van der Waals surface area contributed by atoms with Crippen LogP contribution < -0.4 is 15.3 Å². The fourth-order valence-electron chi connectivity index (χ4n) is 7.06. The number of rotatable bonds is 6. The van der Waals surface area contributed by atoms with Crippen LogP contribution in [-0.4, -0.2) is 36.1 Å². The highest BCUT2D eigenvalue weighted by molar-refractivity contribution is 5.88. The van der Waals surface area contributed by atoms with E-state index in [1.165, 1.54) is 21.2 Å². The van der Waals surface area contributed by atoms with E-state index < -0.39 is 28.7 Å². The van der Waals surface area contributed by atoms with Gasteiger partial charge in [-0.2, -0.15) is 0 Å². The fraction of sp³-hybridized carbons (Fsp3) is 0.0682. The number of nitrogens with zero attached hydrogens (tertiary/aromatic N) is 2. The van der Waals surface area contributed by atoms with E-state index in [9.17, 15) is 25.5 Å². The minimum absolute atomic E-state index is 0.184. The van der Waals surface area contributed by atoms with Crippen LogP contribution in [0, 0.1) is 0 Å². The van der Waals surface area contributed by atoms with E-state index >= 15 is 0 Å². The zero-order valence-corrected chi connectivity index (χ0v) is 27.7. The Labute approximate surface area is 294 Å². The highest BCUT2D eigenvalue weighted by Crippen LogP contribution is 2.54. The molecule has 0 fully saturated rings. The van der Waals surface area contributed by atoms with Crippen molar-refractivity contribution in [2.75, 3.05) is 4.90 Å². The maximum absolute atomic E-state index is 10.3. The molecule has 5 N–H and O–H groups in total. The molecule has 7 nitrogen and oxygen atoms in total. The van der Waals surface area contributed by atoms with Crippen molar-refractivity contribution in [3.05, 3.63) is 144 Å². The van der Waals surface area contributed by atoms with Gasteiger partial charge >= 0.3 is 0 Å². The quantitative estimate of drug-likeness (QED) is 0.0892. The summed E-state index contributed by atoms with van der Waals surface area (Å²) in [5.41, 5.74) is 5.52. The molecule has 1 unspecified atom stereocenters. The molecule has 0 spiro atoms. The third-order valence-electron chi connectivity index (χ3n) is 9.76. The summed E-state index contributed by atoms with van der Waals surface area (Å²) < 4.78 is 0. The van der Waals surface area contributed by atoms with Gasteiger partial charge in [0.1, 0.15) is 0 Å². The molecule has 0 saturated heterocycles. The van der Waals surface area contributed by atoms with E-state index in [0.29, 0.717) is 5.56 Å². The van der Waals surface area contributed by atoms with Crippen LogP contribution in [0.2, 0.25) is 0 Å². The summed E-state index contributed by atoms with van der Waals surface area (Å²) >= 11 is 0. The van der Waals surface area contributed by atoms with Crippen molar-refractivity contribution >= 4 is 34.3 Å². The number of phenolic OH excluding ortho intramolecular Hbond substituents is 5. The number of anilines is 2. The predicted octanol–water partition coefficient (Wildman–Crippen LogP) is 8.33. The monoisotopic (exact) mass is 670 g/mol. The molecule has 1 heterocycles. The van der Waals surface area contributed by atoms with Crippen LogP contribution >= 0.6 is 0 Å². The summed E-state index contributed by atoms with van der Waals surface area (Å²) in [6, 6.07) is 42.6. The van der Waals surface area contributed by atoms with Crippen molar-refractivity contribution < 1.29 is 25.5 Å².